The molecule has 0 unspecified atom stereocenters. The van der Waals surface area contributed by atoms with Crippen LogP contribution >= 0.6 is 0 Å². The van der Waals surface area contributed by atoms with Crippen molar-refractivity contribution in [1.82, 2.24) is 24.4 Å². The standard InChI is InChI=1S/C16H26N8/c1-22(2)9-10-24-8-5-19-15(24)12-3-6-23(7-4-12)14-11-13(17)20-16(18)21-14/h5,8,11-12H,3-4,6-7,9-10H2,1-2H3,(H4,17,18,20,21). The highest BCUT2D eigenvalue weighted by Gasteiger charge is 2.25. The van der Waals surface area contributed by atoms with E-state index < -0.39 is 0 Å². The summed E-state index contributed by atoms with van der Waals surface area (Å²) in [6.45, 7) is 3.82. The molecule has 0 spiro atoms. The van der Waals surface area contributed by atoms with Crippen molar-refractivity contribution in [3.63, 3.8) is 0 Å². The second-order valence-corrected chi connectivity index (χ2v) is 6.55. The summed E-state index contributed by atoms with van der Waals surface area (Å²) in [5.41, 5.74) is 11.5. The van der Waals surface area contributed by atoms with Gasteiger partial charge in [0.15, 0.2) is 0 Å². The highest BCUT2D eigenvalue weighted by atomic mass is 15.2. The van der Waals surface area contributed by atoms with Gasteiger partial charge in [0.05, 0.1) is 0 Å². The third-order valence-corrected chi connectivity index (χ3v) is 4.47. The first-order valence-corrected chi connectivity index (χ1v) is 8.33. The molecule has 2 aromatic heterocycles. The lowest BCUT2D eigenvalue weighted by molar-refractivity contribution is 0.372. The molecule has 2 aromatic rings. The molecule has 0 aromatic carbocycles. The van der Waals surface area contributed by atoms with Gasteiger partial charge in [-0.3, -0.25) is 0 Å². The quantitative estimate of drug-likeness (QED) is 0.835. The van der Waals surface area contributed by atoms with Crippen LogP contribution in [0, 0.1) is 0 Å². The number of nitrogens with two attached hydrogens (primary N) is 2. The van der Waals surface area contributed by atoms with Gasteiger partial charge in [0.2, 0.25) is 5.95 Å². The van der Waals surface area contributed by atoms with Crippen LogP contribution in [0.4, 0.5) is 17.6 Å². The Labute approximate surface area is 142 Å². The lowest BCUT2D eigenvalue weighted by Gasteiger charge is -2.32. The van der Waals surface area contributed by atoms with Gasteiger partial charge in [0.25, 0.3) is 0 Å². The molecule has 1 aliphatic rings. The monoisotopic (exact) mass is 330 g/mol. The van der Waals surface area contributed by atoms with Crippen molar-refractivity contribution in [3.8, 4) is 0 Å². The van der Waals surface area contributed by atoms with Crippen LogP contribution in [-0.2, 0) is 6.54 Å². The van der Waals surface area contributed by atoms with Crippen LogP contribution in [0.25, 0.3) is 0 Å². The van der Waals surface area contributed by atoms with E-state index in [0.717, 1.165) is 44.8 Å². The maximum Gasteiger partial charge on any atom is 0.223 e. The second kappa shape index (κ2) is 7.04. The molecule has 130 valence electrons. The molecule has 0 bridgehead atoms. The number of hydrogen-bond donors (Lipinski definition) is 2. The summed E-state index contributed by atoms with van der Waals surface area (Å²) in [6.07, 6.45) is 6.08. The van der Waals surface area contributed by atoms with Gasteiger partial charge in [-0.2, -0.15) is 9.97 Å². The Hall–Kier alpha value is -2.35. The maximum absolute atomic E-state index is 5.77. The molecule has 0 atom stereocenters. The molecular weight excluding hydrogens is 304 g/mol. The van der Waals surface area contributed by atoms with E-state index in [4.69, 9.17) is 11.5 Å². The molecule has 0 saturated carbocycles. The molecule has 0 radical (unpaired) electrons. The lowest BCUT2D eigenvalue weighted by atomic mass is 9.96. The van der Waals surface area contributed by atoms with Gasteiger partial charge in [0, 0.05) is 50.6 Å². The van der Waals surface area contributed by atoms with Crippen molar-refractivity contribution in [2.75, 3.05) is 50.1 Å². The van der Waals surface area contributed by atoms with Gasteiger partial charge in [-0.1, -0.05) is 0 Å². The summed E-state index contributed by atoms with van der Waals surface area (Å²) in [6, 6.07) is 1.79. The molecule has 8 heteroatoms. The highest BCUT2D eigenvalue weighted by Crippen LogP contribution is 2.29. The number of hydrogen-bond acceptors (Lipinski definition) is 7. The molecule has 1 saturated heterocycles. The van der Waals surface area contributed by atoms with Crippen LogP contribution in [0.3, 0.4) is 0 Å². The fourth-order valence-electron chi connectivity index (χ4n) is 3.18. The third kappa shape index (κ3) is 3.76. The van der Waals surface area contributed by atoms with Crippen molar-refractivity contribution in [1.29, 1.82) is 0 Å². The third-order valence-electron chi connectivity index (χ3n) is 4.47. The number of aromatic nitrogens is 4. The average molecular weight is 330 g/mol. The molecule has 8 nitrogen and oxygen atoms in total. The fourth-order valence-corrected chi connectivity index (χ4v) is 3.18. The Morgan fingerprint density at radius 1 is 1.21 bits per heavy atom. The Morgan fingerprint density at radius 2 is 1.96 bits per heavy atom. The summed E-state index contributed by atoms with van der Waals surface area (Å²) in [5.74, 6) is 3.13. The van der Waals surface area contributed by atoms with Gasteiger partial charge in [-0.15, -0.1) is 0 Å². The van der Waals surface area contributed by atoms with E-state index in [1.807, 2.05) is 6.20 Å². The minimum absolute atomic E-state index is 0.228. The Kier molecular flexibility index (Phi) is 4.84. The summed E-state index contributed by atoms with van der Waals surface area (Å²) >= 11 is 0. The molecule has 4 N–H and O–H groups in total. The lowest BCUT2D eigenvalue weighted by Crippen LogP contribution is -2.34. The van der Waals surface area contributed by atoms with E-state index in [-0.39, 0.29) is 5.95 Å². The SMILES string of the molecule is CN(C)CCn1ccnc1C1CCN(c2cc(N)nc(N)n2)CC1. The van der Waals surface area contributed by atoms with Gasteiger partial charge < -0.3 is 25.8 Å². The van der Waals surface area contributed by atoms with E-state index in [1.54, 1.807) is 6.07 Å². The smallest absolute Gasteiger partial charge is 0.223 e. The first kappa shape index (κ1) is 16.5. The largest absolute Gasteiger partial charge is 0.383 e. The second-order valence-electron chi connectivity index (χ2n) is 6.55. The Morgan fingerprint density at radius 3 is 2.62 bits per heavy atom. The van der Waals surface area contributed by atoms with Crippen molar-refractivity contribution in [2.45, 2.75) is 25.3 Å². The first-order valence-electron chi connectivity index (χ1n) is 8.33. The maximum atomic E-state index is 5.77. The molecule has 0 aliphatic carbocycles. The topological polar surface area (TPSA) is 102 Å². The number of nitrogens with zero attached hydrogens (tertiary/aromatic N) is 6. The number of piperidine rings is 1. The van der Waals surface area contributed by atoms with Crippen LogP contribution < -0.4 is 16.4 Å². The molecule has 24 heavy (non-hydrogen) atoms. The van der Waals surface area contributed by atoms with Crippen LogP contribution in [0.5, 0.6) is 0 Å². The number of imidazole rings is 1. The predicted molar refractivity (Wildman–Crippen MR) is 95.8 cm³/mol. The van der Waals surface area contributed by atoms with Crippen molar-refractivity contribution in [3.05, 3.63) is 24.3 Å². The first-order chi connectivity index (χ1) is 11.5. The van der Waals surface area contributed by atoms with Gasteiger partial charge in [-0.25, -0.2) is 4.98 Å². The van der Waals surface area contributed by atoms with E-state index in [1.165, 1.54) is 5.82 Å². The highest BCUT2D eigenvalue weighted by molar-refractivity contribution is 5.50. The summed E-state index contributed by atoms with van der Waals surface area (Å²) < 4.78 is 2.28. The number of likely N-dealkylation sites (N-methyl/N-ethyl adjacent to an activating group) is 1. The van der Waals surface area contributed by atoms with Gasteiger partial charge in [-0.05, 0) is 26.9 Å². The van der Waals surface area contributed by atoms with Gasteiger partial charge >= 0.3 is 0 Å². The zero-order valence-corrected chi connectivity index (χ0v) is 14.4. The van der Waals surface area contributed by atoms with Crippen LogP contribution in [0.2, 0.25) is 0 Å². The predicted octanol–water partition coefficient (Wildman–Crippen LogP) is 0.783. The minimum Gasteiger partial charge on any atom is -0.383 e. The van der Waals surface area contributed by atoms with E-state index in [2.05, 4.69) is 49.6 Å². The van der Waals surface area contributed by atoms with E-state index in [0.29, 0.717) is 11.7 Å². The Bertz CT molecular complexity index is 652. The molecule has 3 heterocycles. The van der Waals surface area contributed by atoms with Crippen LogP contribution in [-0.4, -0.2) is 58.1 Å². The Balaban J connectivity index is 1.64. The summed E-state index contributed by atoms with van der Waals surface area (Å²) in [5, 5.41) is 0. The average Bonchev–Trinajstić information content (AvgIpc) is 3.00. The zero-order valence-electron chi connectivity index (χ0n) is 14.4. The number of nitrogen functional groups attached to an aromatic ring is 2. The molecule has 0 amide bonds. The van der Waals surface area contributed by atoms with E-state index in [9.17, 15) is 0 Å². The molecule has 1 aliphatic heterocycles. The summed E-state index contributed by atoms with van der Waals surface area (Å²) in [7, 11) is 4.18. The van der Waals surface area contributed by atoms with Crippen molar-refractivity contribution in [2.24, 2.45) is 0 Å². The molecule has 3 rings (SSSR count). The fraction of sp³-hybridized carbons (Fsp3) is 0.562. The van der Waals surface area contributed by atoms with Crippen LogP contribution in [0.15, 0.2) is 18.5 Å². The normalized spacial score (nSPS) is 16.0. The van der Waals surface area contributed by atoms with E-state index >= 15 is 0 Å². The number of anilines is 3. The molecule has 1 fully saturated rings. The summed E-state index contributed by atoms with van der Waals surface area (Å²) in [4.78, 5) is 17.2. The van der Waals surface area contributed by atoms with Gasteiger partial charge in [0.1, 0.15) is 17.5 Å². The van der Waals surface area contributed by atoms with Crippen molar-refractivity contribution >= 4 is 17.6 Å². The minimum atomic E-state index is 0.228. The van der Waals surface area contributed by atoms with Crippen LogP contribution in [0.1, 0.15) is 24.6 Å². The zero-order chi connectivity index (χ0) is 17.1. The molecular formula is C16H26N8. The number of rotatable bonds is 5. The van der Waals surface area contributed by atoms with Crippen molar-refractivity contribution < 1.29 is 0 Å².